The van der Waals surface area contributed by atoms with E-state index in [9.17, 15) is 0 Å². The first kappa shape index (κ1) is 14.0. The van der Waals surface area contributed by atoms with Crippen molar-refractivity contribution in [1.82, 2.24) is 4.98 Å². The summed E-state index contributed by atoms with van der Waals surface area (Å²) in [6.07, 6.45) is 3.92. The second kappa shape index (κ2) is 6.22. The molecule has 1 aliphatic rings. The maximum absolute atomic E-state index is 5.27. The molecular weight excluding hydrogens is 288 g/mol. The highest BCUT2D eigenvalue weighted by Gasteiger charge is 2.27. The van der Waals surface area contributed by atoms with Gasteiger partial charge >= 0.3 is 0 Å². The lowest BCUT2D eigenvalue weighted by Gasteiger charge is -2.19. The number of methoxy groups -OCH3 is 1. The first-order valence-corrected chi connectivity index (χ1v) is 8.99. The minimum Gasteiger partial charge on any atom is -0.497 e. The number of fused-ring (bicyclic) bond motifs is 1. The Balaban J connectivity index is 1.77. The quantitative estimate of drug-likeness (QED) is 0.888. The second-order valence-electron chi connectivity index (χ2n) is 5.03. The van der Waals surface area contributed by atoms with Gasteiger partial charge in [-0.1, -0.05) is 24.7 Å². The lowest BCUT2D eigenvalue weighted by atomic mass is 10.2. The van der Waals surface area contributed by atoms with Crippen LogP contribution < -0.4 is 10.1 Å². The molecule has 5 heteroatoms. The fourth-order valence-corrected chi connectivity index (χ4v) is 4.91. The summed E-state index contributed by atoms with van der Waals surface area (Å²) in [5.74, 6) is 2.09. The summed E-state index contributed by atoms with van der Waals surface area (Å²) in [5.41, 5.74) is 1.05. The number of aromatic nitrogens is 1. The number of thioether (sulfide) groups is 1. The first-order valence-electron chi connectivity index (χ1n) is 7.13. The zero-order valence-corrected chi connectivity index (χ0v) is 13.5. The zero-order chi connectivity index (χ0) is 13.9. The predicted molar refractivity (Wildman–Crippen MR) is 89.4 cm³/mol. The standard InChI is InChI=1S/C15H20N2OS2/c1-3-19-13-6-4-5-11(13)16-15-17-12-8-7-10(18-2)9-14(12)20-15/h7-9,11,13H,3-6H2,1-2H3,(H,16,17). The largest absolute Gasteiger partial charge is 0.497 e. The number of anilines is 1. The Labute approximate surface area is 128 Å². The van der Waals surface area contributed by atoms with E-state index in [4.69, 9.17) is 4.74 Å². The predicted octanol–water partition coefficient (Wildman–Crippen LogP) is 4.39. The van der Waals surface area contributed by atoms with Gasteiger partial charge in [0.1, 0.15) is 5.75 Å². The Bertz CT molecular complexity index is 584. The van der Waals surface area contributed by atoms with Crippen LogP contribution in [0, 0.1) is 0 Å². The van der Waals surface area contributed by atoms with Crippen LogP contribution in [0.3, 0.4) is 0 Å². The Kier molecular flexibility index (Phi) is 4.36. The third-order valence-corrected chi connectivity index (χ3v) is 6.01. The van der Waals surface area contributed by atoms with Crippen LogP contribution in [0.5, 0.6) is 5.75 Å². The van der Waals surface area contributed by atoms with Crippen molar-refractivity contribution in [2.24, 2.45) is 0 Å². The zero-order valence-electron chi connectivity index (χ0n) is 11.9. The summed E-state index contributed by atoms with van der Waals surface area (Å²) < 4.78 is 6.45. The van der Waals surface area contributed by atoms with E-state index in [0.29, 0.717) is 6.04 Å². The Morgan fingerprint density at radius 1 is 1.45 bits per heavy atom. The lowest BCUT2D eigenvalue weighted by molar-refractivity contribution is 0.415. The summed E-state index contributed by atoms with van der Waals surface area (Å²) in [6.45, 7) is 2.24. The third kappa shape index (κ3) is 2.88. The van der Waals surface area contributed by atoms with Gasteiger partial charge in [0.25, 0.3) is 0 Å². The number of benzene rings is 1. The molecule has 20 heavy (non-hydrogen) atoms. The molecule has 1 heterocycles. The number of hydrogen-bond acceptors (Lipinski definition) is 5. The summed E-state index contributed by atoms with van der Waals surface area (Å²) in [5, 5.41) is 5.43. The second-order valence-corrected chi connectivity index (χ2v) is 7.58. The molecule has 0 radical (unpaired) electrons. The monoisotopic (exact) mass is 308 g/mol. The van der Waals surface area contributed by atoms with Gasteiger partial charge < -0.3 is 10.1 Å². The van der Waals surface area contributed by atoms with E-state index in [2.05, 4.69) is 35.1 Å². The van der Waals surface area contributed by atoms with E-state index in [1.807, 2.05) is 12.1 Å². The van der Waals surface area contributed by atoms with Gasteiger partial charge in [-0.3, -0.25) is 0 Å². The molecule has 1 N–H and O–H groups in total. The van der Waals surface area contributed by atoms with Crippen molar-refractivity contribution in [3.8, 4) is 5.75 Å². The van der Waals surface area contributed by atoms with Crippen LogP contribution in [0.4, 0.5) is 5.13 Å². The first-order chi connectivity index (χ1) is 9.80. The third-order valence-electron chi connectivity index (χ3n) is 3.74. The van der Waals surface area contributed by atoms with Crippen LogP contribution in [-0.4, -0.2) is 29.1 Å². The number of nitrogens with one attached hydrogen (secondary N) is 1. The average molecular weight is 308 g/mol. The SMILES string of the molecule is CCSC1CCCC1Nc1nc2ccc(OC)cc2s1. The molecule has 3 rings (SSSR count). The van der Waals surface area contributed by atoms with Crippen molar-refractivity contribution in [1.29, 1.82) is 0 Å². The smallest absolute Gasteiger partial charge is 0.184 e. The molecule has 1 aromatic carbocycles. The molecule has 0 aliphatic heterocycles. The Morgan fingerprint density at radius 3 is 3.15 bits per heavy atom. The topological polar surface area (TPSA) is 34.2 Å². The summed E-state index contributed by atoms with van der Waals surface area (Å²) in [7, 11) is 1.70. The van der Waals surface area contributed by atoms with E-state index in [0.717, 1.165) is 21.6 Å². The van der Waals surface area contributed by atoms with Crippen LogP contribution in [-0.2, 0) is 0 Å². The molecule has 108 valence electrons. The maximum Gasteiger partial charge on any atom is 0.184 e. The van der Waals surface area contributed by atoms with Crippen molar-refractivity contribution < 1.29 is 4.74 Å². The highest BCUT2D eigenvalue weighted by atomic mass is 32.2. The molecule has 1 aliphatic carbocycles. The van der Waals surface area contributed by atoms with Crippen molar-refractivity contribution in [2.75, 3.05) is 18.2 Å². The minimum atomic E-state index is 0.572. The fraction of sp³-hybridized carbons (Fsp3) is 0.533. The molecule has 2 aromatic rings. The molecule has 0 amide bonds. The average Bonchev–Trinajstić information content (AvgIpc) is 3.05. The number of hydrogen-bond donors (Lipinski definition) is 1. The van der Waals surface area contributed by atoms with Gasteiger partial charge in [-0.05, 0) is 36.8 Å². The Hall–Kier alpha value is -0.940. The Morgan fingerprint density at radius 2 is 2.35 bits per heavy atom. The van der Waals surface area contributed by atoms with Gasteiger partial charge in [-0.15, -0.1) is 0 Å². The molecule has 1 aromatic heterocycles. The summed E-state index contributed by atoms with van der Waals surface area (Å²) >= 11 is 3.80. The van der Waals surface area contributed by atoms with E-state index in [1.165, 1.54) is 29.7 Å². The van der Waals surface area contributed by atoms with Crippen LogP contribution in [0.1, 0.15) is 26.2 Å². The number of ether oxygens (including phenoxy) is 1. The number of nitrogens with zero attached hydrogens (tertiary/aromatic N) is 1. The van der Waals surface area contributed by atoms with Gasteiger partial charge in [0, 0.05) is 11.3 Å². The van der Waals surface area contributed by atoms with Gasteiger partial charge in [0.05, 0.1) is 17.3 Å². The van der Waals surface area contributed by atoms with Crippen LogP contribution >= 0.6 is 23.1 Å². The molecule has 3 nitrogen and oxygen atoms in total. The molecule has 1 saturated carbocycles. The fourth-order valence-electron chi connectivity index (χ4n) is 2.76. The van der Waals surface area contributed by atoms with E-state index < -0.39 is 0 Å². The highest BCUT2D eigenvalue weighted by Crippen LogP contribution is 2.35. The van der Waals surface area contributed by atoms with Gasteiger partial charge in [-0.2, -0.15) is 11.8 Å². The van der Waals surface area contributed by atoms with E-state index >= 15 is 0 Å². The van der Waals surface area contributed by atoms with Crippen molar-refractivity contribution >= 4 is 38.4 Å². The van der Waals surface area contributed by atoms with E-state index in [-0.39, 0.29) is 0 Å². The normalized spacial score (nSPS) is 22.3. The maximum atomic E-state index is 5.27. The van der Waals surface area contributed by atoms with Gasteiger partial charge in [-0.25, -0.2) is 4.98 Å². The molecule has 1 fully saturated rings. The summed E-state index contributed by atoms with van der Waals surface area (Å²) in [4.78, 5) is 4.69. The number of rotatable bonds is 5. The lowest BCUT2D eigenvalue weighted by Crippen LogP contribution is -2.26. The van der Waals surface area contributed by atoms with E-state index in [1.54, 1.807) is 18.4 Å². The van der Waals surface area contributed by atoms with Crippen molar-refractivity contribution in [3.05, 3.63) is 18.2 Å². The summed E-state index contributed by atoms with van der Waals surface area (Å²) in [6, 6.07) is 6.63. The molecule has 0 saturated heterocycles. The van der Waals surface area contributed by atoms with Crippen molar-refractivity contribution in [3.63, 3.8) is 0 Å². The molecule has 0 spiro atoms. The molecule has 2 atom stereocenters. The van der Waals surface area contributed by atoms with Crippen molar-refractivity contribution in [2.45, 2.75) is 37.5 Å². The molecular formula is C15H20N2OS2. The molecule has 0 bridgehead atoms. The van der Waals surface area contributed by atoms with Crippen LogP contribution in [0.2, 0.25) is 0 Å². The van der Waals surface area contributed by atoms with Gasteiger partial charge in [0.2, 0.25) is 0 Å². The minimum absolute atomic E-state index is 0.572. The van der Waals surface area contributed by atoms with Crippen LogP contribution in [0.25, 0.3) is 10.2 Å². The van der Waals surface area contributed by atoms with Crippen LogP contribution in [0.15, 0.2) is 18.2 Å². The number of thiazole rings is 1. The molecule has 2 unspecified atom stereocenters. The highest BCUT2D eigenvalue weighted by molar-refractivity contribution is 7.99. The van der Waals surface area contributed by atoms with Gasteiger partial charge in [0.15, 0.2) is 5.13 Å².